The predicted molar refractivity (Wildman–Crippen MR) is 61.1 cm³/mol. The van der Waals surface area contributed by atoms with Crippen molar-refractivity contribution in [1.29, 1.82) is 5.26 Å². The van der Waals surface area contributed by atoms with Gasteiger partial charge in [0, 0.05) is 12.2 Å². The molecule has 0 saturated carbocycles. The molecule has 0 aliphatic rings. The highest BCUT2D eigenvalue weighted by Gasteiger charge is 2.06. The molecule has 0 amide bonds. The van der Waals surface area contributed by atoms with E-state index in [1.807, 2.05) is 23.0 Å². The Hall–Kier alpha value is -2.16. The first-order valence-electron chi connectivity index (χ1n) is 5.56. The van der Waals surface area contributed by atoms with Crippen LogP contribution in [0.4, 0.5) is 0 Å². The molecule has 2 aromatic rings. The highest BCUT2D eigenvalue weighted by molar-refractivity contribution is 5.06. The van der Waals surface area contributed by atoms with E-state index in [9.17, 15) is 0 Å². The summed E-state index contributed by atoms with van der Waals surface area (Å²) in [6.45, 7) is 4.79. The number of nitrogens with zero attached hydrogens (tertiary/aromatic N) is 6. The van der Waals surface area contributed by atoms with Crippen LogP contribution in [0.25, 0.3) is 0 Å². The lowest BCUT2D eigenvalue weighted by Crippen LogP contribution is -2.06. The minimum atomic E-state index is 0.186. The molecule has 2 rings (SSSR count). The number of hydrogen-bond donors (Lipinski definition) is 0. The van der Waals surface area contributed by atoms with E-state index < -0.39 is 0 Å². The summed E-state index contributed by atoms with van der Waals surface area (Å²) in [6, 6.07) is 4.25. The van der Waals surface area contributed by atoms with E-state index in [1.165, 1.54) is 0 Å². The van der Waals surface area contributed by atoms with Crippen molar-refractivity contribution in [3.8, 4) is 6.07 Å². The standard InChI is InChI=1S/C11H14N6/c1-3-9(2)17-5-4-10(14-17)7-16-8-13-11(6-12)15-16/h4-5,8-9H,3,7H2,1-2H3. The number of rotatable bonds is 4. The molecule has 0 aromatic carbocycles. The number of hydrogen-bond acceptors (Lipinski definition) is 4. The van der Waals surface area contributed by atoms with E-state index in [1.54, 1.807) is 11.0 Å². The van der Waals surface area contributed by atoms with Gasteiger partial charge in [-0.05, 0) is 19.4 Å². The molecule has 0 fully saturated rings. The molecule has 88 valence electrons. The van der Waals surface area contributed by atoms with Gasteiger partial charge in [0.05, 0.1) is 12.2 Å². The van der Waals surface area contributed by atoms with E-state index in [-0.39, 0.29) is 5.82 Å². The van der Waals surface area contributed by atoms with Gasteiger partial charge in [-0.25, -0.2) is 9.67 Å². The summed E-state index contributed by atoms with van der Waals surface area (Å²) in [4.78, 5) is 3.85. The monoisotopic (exact) mass is 230 g/mol. The molecule has 0 N–H and O–H groups in total. The van der Waals surface area contributed by atoms with Crippen LogP contribution in [0, 0.1) is 11.3 Å². The lowest BCUT2D eigenvalue weighted by atomic mass is 10.3. The van der Waals surface area contributed by atoms with Gasteiger partial charge in [-0.15, -0.1) is 5.10 Å². The van der Waals surface area contributed by atoms with Gasteiger partial charge in [-0.1, -0.05) is 6.92 Å². The maximum absolute atomic E-state index is 8.62. The summed E-state index contributed by atoms with van der Waals surface area (Å²) in [5, 5.41) is 17.1. The van der Waals surface area contributed by atoms with Gasteiger partial charge in [0.1, 0.15) is 12.4 Å². The number of aromatic nitrogens is 5. The molecule has 0 spiro atoms. The quantitative estimate of drug-likeness (QED) is 0.795. The van der Waals surface area contributed by atoms with Crippen LogP contribution in [0.5, 0.6) is 0 Å². The van der Waals surface area contributed by atoms with Gasteiger partial charge in [0.2, 0.25) is 0 Å². The Labute approximate surface area is 99.5 Å². The van der Waals surface area contributed by atoms with E-state index in [0.29, 0.717) is 12.6 Å². The molecular weight excluding hydrogens is 216 g/mol. The average molecular weight is 230 g/mol. The zero-order valence-electron chi connectivity index (χ0n) is 9.91. The van der Waals surface area contributed by atoms with Crippen molar-refractivity contribution in [3.63, 3.8) is 0 Å². The van der Waals surface area contributed by atoms with Gasteiger partial charge in [-0.2, -0.15) is 10.4 Å². The molecule has 1 unspecified atom stereocenters. The van der Waals surface area contributed by atoms with Crippen molar-refractivity contribution >= 4 is 0 Å². The number of nitriles is 1. The summed E-state index contributed by atoms with van der Waals surface area (Å²) >= 11 is 0. The highest BCUT2D eigenvalue weighted by atomic mass is 15.3. The third-order valence-corrected chi connectivity index (χ3v) is 2.67. The molecule has 0 saturated heterocycles. The van der Waals surface area contributed by atoms with Crippen molar-refractivity contribution in [2.24, 2.45) is 0 Å². The van der Waals surface area contributed by atoms with Gasteiger partial charge in [0.25, 0.3) is 5.82 Å². The lowest BCUT2D eigenvalue weighted by molar-refractivity contribution is 0.471. The molecule has 0 radical (unpaired) electrons. The molecule has 0 bridgehead atoms. The van der Waals surface area contributed by atoms with E-state index in [0.717, 1.165) is 12.1 Å². The van der Waals surface area contributed by atoms with Crippen molar-refractivity contribution in [2.45, 2.75) is 32.9 Å². The van der Waals surface area contributed by atoms with Gasteiger partial charge >= 0.3 is 0 Å². The first-order valence-corrected chi connectivity index (χ1v) is 5.56. The SMILES string of the molecule is CCC(C)n1ccc(Cn2cnc(C#N)n2)n1. The van der Waals surface area contributed by atoms with Crippen LogP contribution in [0.1, 0.15) is 37.8 Å². The first-order chi connectivity index (χ1) is 8.22. The second-order valence-electron chi connectivity index (χ2n) is 3.92. The first kappa shape index (κ1) is 11.3. The van der Waals surface area contributed by atoms with Crippen molar-refractivity contribution in [2.75, 3.05) is 0 Å². The van der Waals surface area contributed by atoms with E-state index in [4.69, 9.17) is 5.26 Å². The Bertz CT molecular complexity index is 532. The molecule has 6 heteroatoms. The fraction of sp³-hybridized carbons (Fsp3) is 0.455. The van der Waals surface area contributed by atoms with Crippen LogP contribution in [0.2, 0.25) is 0 Å². The zero-order valence-corrected chi connectivity index (χ0v) is 9.91. The van der Waals surface area contributed by atoms with E-state index in [2.05, 4.69) is 29.0 Å². The zero-order chi connectivity index (χ0) is 12.3. The Morgan fingerprint density at radius 2 is 2.29 bits per heavy atom. The summed E-state index contributed by atoms with van der Waals surface area (Å²) < 4.78 is 3.55. The van der Waals surface area contributed by atoms with Gasteiger partial charge in [0.15, 0.2) is 0 Å². The second-order valence-corrected chi connectivity index (χ2v) is 3.92. The maximum Gasteiger partial charge on any atom is 0.252 e. The lowest BCUT2D eigenvalue weighted by Gasteiger charge is -2.07. The molecule has 6 nitrogen and oxygen atoms in total. The summed E-state index contributed by atoms with van der Waals surface area (Å²) in [7, 11) is 0. The maximum atomic E-state index is 8.62. The van der Waals surface area contributed by atoms with Crippen LogP contribution in [0.3, 0.4) is 0 Å². The smallest absolute Gasteiger partial charge is 0.252 e. The summed E-state index contributed by atoms with van der Waals surface area (Å²) in [5.41, 5.74) is 0.916. The molecular formula is C11H14N6. The Kier molecular flexibility index (Phi) is 3.19. The van der Waals surface area contributed by atoms with Crippen LogP contribution in [-0.2, 0) is 6.54 Å². The molecule has 17 heavy (non-hydrogen) atoms. The van der Waals surface area contributed by atoms with Gasteiger partial charge in [-0.3, -0.25) is 4.68 Å². The highest BCUT2D eigenvalue weighted by Crippen LogP contribution is 2.09. The van der Waals surface area contributed by atoms with Crippen LogP contribution < -0.4 is 0 Å². The van der Waals surface area contributed by atoms with Crippen LogP contribution in [0.15, 0.2) is 18.6 Å². The minimum Gasteiger partial charge on any atom is -0.270 e. The molecule has 0 aliphatic carbocycles. The fourth-order valence-corrected chi connectivity index (χ4v) is 1.48. The Morgan fingerprint density at radius 1 is 1.47 bits per heavy atom. The van der Waals surface area contributed by atoms with Crippen molar-refractivity contribution < 1.29 is 0 Å². The third-order valence-electron chi connectivity index (χ3n) is 2.67. The van der Waals surface area contributed by atoms with E-state index >= 15 is 0 Å². The summed E-state index contributed by atoms with van der Waals surface area (Å²) in [6.07, 6.45) is 4.55. The fourth-order valence-electron chi connectivity index (χ4n) is 1.48. The second kappa shape index (κ2) is 4.78. The van der Waals surface area contributed by atoms with Gasteiger partial charge < -0.3 is 0 Å². The predicted octanol–water partition coefficient (Wildman–Crippen LogP) is 1.37. The Balaban J connectivity index is 2.09. The minimum absolute atomic E-state index is 0.186. The molecule has 2 aromatic heterocycles. The molecule has 1 atom stereocenters. The van der Waals surface area contributed by atoms with Crippen molar-refractivity contribution in [1.82, 2.24) is 24.5 Å². The average Bonchev–Trinajstić information content (AvgIpc) is 2.97. The third kappa shape index (κ3) is 2.50. The van der Waals surface area contributed by atoms with Crippen LogP contribution >= 0.6 is 0 Å². The Morgan fingerprint density at radius 3 is 2.94 bits per heavy atom. The topological polar surface area (TPSA) is 72.3 Å². The summed E-state index contributed by atoms with van der Waals surface area (Å²) in [5.74, 6) is 0.186. The normalized spacial score (nSPS) is 12.3. The van der Waals surface area contributed by atoms with Crippen molar-refractivity contribution in [3.05, 3.63) is 30.1 Å². The molecule has 2 heterocycles. The largest absolute Gasteiger partial charge is 0.270 e. The molecule has 0 aliphatic heterocycles. The van der Waals surface area contributed by atoms with Crippen LogP contribution in [-0.4, -0.2) is 24.5 Å².